The number of carbonyl (C=O) groups excluding carboxylic acids is 2. The Morgan fingerprint density at radius 3 is 2.26 bits per heavy atom. The van der Waals surface area contributed by atoms with Crippen LogP contribution in [0.25, 0.3) is 11.3 Å². The van der Waals surface area contributed by atoms with Crippen LogP contribution < -0.4 is 19.5 Å². The number of methoxy groups -OCH3 is 3. The number of para-hydroxylation sites is 2. The Balaban J connectivity index is 1.35. The fourth-order valence-corrected chi connectivity index (χ4v) is 4.64. The number of hydrogen-bond acceptors (Lipinski definition) is 6. The average Bonchev–Trinajstić information content (AvgIpc) is 3.46. The number of furan rings is 1. The van der Waals surface area contributed by atoms with Gasteiger partial charge in [-0.3, -0.25) is 9.59 Å². The fraction of sp³-hybridized carbons (Fsp3) is 0.200. The van der Waals surface area contributed by atoms with Gasteiger partial charge in [0.25, 0.3) is 11.8 Å². The number of rotatable bonds is 7. The summed E-state index contributed by atoms with van der Waals surface area (Å²) >= 11 is 0. The van der Waals surface area contributed by atoms with E-state index >= 15 is 0 Å². The molecule has 0 bridgehead atoms. The van der Waals surface area contributed by atoms with Crippen molar-refractivity contribution in [2.75, 3.05) is 33.2 Å². The van der Waals surface area contributed by atoms with Gasteiger partial charge in [0.05, 0.1) is 32.6 Å². The topological polar surface area (TPSA) is 90.2 Å². The van der Waals surface area contributed by atoms with E-state index in [9.17, 15) is 9.59 Å². The molecule has 1 aliphatic heterocycles. The Labute approximate surface area is 220 Å². The predicted molar refractivity (Wildman–Crippen MR) is 143 cm³/mol. The molecule has 0 aliphatic carbocycles. The van der Waals surface area contributed by atoms with Crippen LogP contribution in [0, 0.1) is 0 Å². The zero-order valence-electron chi connectivity index (χ0n) is 21.4. The minimum absolute atomic E-state index is 0.202. The highest BCUT2D eigenvalue weighted by Crippen LogP contribution is 2.35. The highest BCUT2D eigenvalue weighted by molar-refractivity contribution is 6.07. The number of anilines is 1. The molecule has 4 aromatic rings. The first-order chi connectivity index (χ1) is 18.5. The maximum atomic E-state index is 13.3. The van der Waals surface area contributed by atoms with Crippen molar-refractivity contribution in [3.63, 3.8) is 0 Å². The van der Waals surface area contributed by atoms with Crippen LogP contribution in [-0.4, -0.2) is 44.6 Å². The summed E-state index contributed by atoms with van der Waals surface area (Å²) in [6.07, 6.45) is 0.701. The van der Waals surface area contributed by atoms with Crippen LogP contribution >= 0.6 is 0 Å². The molecule has 0 fully saturated rings. The van der Waals surface area contributed by atoms with Crippen molar-refractivity contribution in [2.24, 2.45) is 0 Å². The van der Waals surface area contributed by atoms with E-state index < -0.39 is 0 Å². The van der Waals surface area contributed by atoms with Gasteiger partial charge in [-0.25, -0.2) is 0 Å². The van der Waals surface area contributed by atoms with Crippen LogP contribution in [-0.2, 0) is 13.0 Å². The second-order valence-corrected chi connectivity index (χ2v) is 8.82. The van der Waals surface area contributed by atoms with Crippen LogP contribution in [0.1, 0.15) is 32.0 Å². The summed E-state index contributed by atoms with van der Waals surface area (Å²) < 4.78 is 22.2. The fourth-order valence-electron chi connectivity index (χ4n) is 4.64. The molecular formula is C30H28N2O6. The highest BCUT2D eigenvalue weighted by atomic mass is 16.5. The maximum Gasteiger partial charge on any atom is 0.289 e. The van der Waals surface area contributed by atoms with Gasteiger partial charge in [0, 0.05) is 18.7 Å². The lowest BCUT2D eigenvalue weighted by Crippen LogP contribution is -2.35. The molecule has 2 heterocycles. The van der Waals surface area contributed by atoms with E-state index in [2.05, 4.69) is 5.32 Å². The minimum atomic E-state index is -0.309. The molecule has 1 N–H and O–H groups in total. The lowest BCUT2D eigenvalue weighted by atomic mass is 9.98. The van der Waals surface area contributed by atoms with Gasteiger partial charge < -0.3 is 28.8 Å². The second kappa shape index (κ2) is 10.7. The number of ether oxygens (including phenoxy) is 3. The largest absolute Gasteiger partial charge is 0.496 e. The van der Waals surface area contributed by atoms with E-state index in [4.69, 9.17) is 18.6 Å². The Hall–Kier alpha value is -4.72. The number of carbonyl (C=O) groups is 2. The van der Waals surface area contributed by atoms with E-state index in [1.54, 1.807) is 61.6 Å². The zero-order valence-corrected chi connectivity index (χ0v) is 21.4. The van der Waals surface area contributed by atoms with Gasteiger partial charge in [0.15, 0.2) is 17.3 Å². The first-order valence-corrected chi connectivity index (χ1v) is 12.2. The summed E-state index contributed by atoms with van der Waals surface area (Å²) in [4.78, 5) is 28.1. The monoisotopic (exact) mass is 512 g/mol. The molecule has 0 spiro atoms. The van der Waals surface area contributed by atoms with Crippen molar-refractivity contribution in [2.45, 2.75) is 13.0 Å². The van der Waals surface area contributed by atoms with E-state index in [-0.39, 0.29) is 17.6 Å². The van der Waals surface area contributed by atoms with E-state index in [1.807, 2.05) is 30.3 Å². The molecule has 0 saturated carbocycles. The van der Waals surface area contributed by atoms with Gasteiger partial charge >= 0.3 is 0 Å². The van der Waals surface area contributed by atoms with Gasteiger partial charge in [-0.1, -0.05) is 24.3 Å². The standard InChI is InChI=1S/C30H28N2O6/c1-35-24-11-7-5-9-22(24)29(33)31-23-10-6-4-8-21(23)25-12-13-26(38-25)30(34)32-15-14-19-16-27(36-2)28(37-3)17-20(19)18-32/h4-13,16-17H,14-15,18H2,1-3H3,(H,31,33). The number of amides is 2. The summed E-state index contributed by atoms with van der Waals surface area (Å²) in [5, 5.41) is 2.94. The minimum Gasteiger partial charge on any atom is -0.496 e. The molecule has 8 heteroatoms. The smallest absolute Gasteiger partial charge is 0.289 e. The molecular weight excluding hydrogens is 484 g/mol. The van der Waals surface area contributed by atoms with E-state index in [1.165, 1.54) is 7.11 Å². The lowest BCUT2D eigenvalue weighted by molar-refractivity contribution is 0.0703. The zero-order chi connectivity index (χ0) is 26.6. The van der Waals surface area contributed by atoms with Crippen LogP contribution in [0.4, 0.5) is 5.69 Å². The third-order valence-corrected chi connectivity index (χ3v) is 6.61. The number of nitrogens with zero attached hydrogens (tertiary/aromatic N) is 1. The quantitative estimate of drug-likeness (QED) is 0.356. The highest BCUT2D eigenvalue weighted by Gasteiger charge is 2.26. The SMILES string of the molecule is COc1cc2c(cc1OC)CN(C(=O)c1ccc(-c3ccccc3NC(=O)c3ccccc3OC)o1)CC2. The molecule has 1 aromatic heterocycles. The number of nitrogens with one attached hydrogen (secondary N) is 1. The molecule has 1 aliphatic rings. The molecule has 5 rings (SSSR count). The Morgan fingerprint density at radius 1 is 0.816 bits per heavy atom. The van der Waals surface area contributed by atoms with E-state index in [0.29, 0.717) is 59.3 Å². The molecule has 0 radical (unpaired) electrons. The van der Waals surface area contributed by atoms with Crippen molar-refractivity contribution in [3.05, 3.63) is 95.2 Å². The van der Waals surface area contributed by atoms with Crippen LogP contribution in [0.2, 0.25) is 0 Å². The second-order valence-electron chi connectivity index (χ2n) is 8.82. The van der Waals surface area contributed by atoms with Crippen molar-refractivity contribution in [3.8, 4) is 28.6 Å². The molecule has 2 amide bonds. The normalized spacial score (nSPS) is 12.4. The van der Waals surface area contributed by atoms with Crippen molar-refractivity contribution >= 4 is 17.5 Å². The van der Waals surface area contributed by atoms with Crippen LogP contribution in [0.3, 0.4) is 0 Å². The van der Waals surface area contributed by atoms with Gasteiger partial charge in [-0.15, -0.1) is 0 Å². The molecule has 194 valence electrons. The van der Waals surface area contributed by atoms with Gasteiger partial charge in [0.1, 0.15) is 11.5 Å². The summed E-state index contributed by atoms with van der Waals surface area (Å²) in [5.41, 5.74) is 3.78. The molecule has 0 unspecified atom stereocenters. The Morgan fingerprint density at radius 2 is 1.50 bits per heavy atom. The summed E-state index contributed by atoms with van der Waals surface area (Å²) in [7, 11) is 4.73. The van der Waals surface area contributed by atoms with Gasteiger partial charge in [0.2, 0.25) is 0 Å². The van der Waals surface area contributed by atoms with Crippen molar-refractivity contribution in [1.82, 2.24) is 4.90 Å². The van der Waals surface area contributed by atoms with Gasteiger partial charge in [-0.2, -0.15) is 0 Å². The molecule has 3 aromatic carbocycles. The predicted octanol–water partition coefficient (Wildman–Crippen LogP) is 5.42. The molecule has 38 heavy (non-hydrogen) atoms. The van der Waals surface area contributed by atoms with Gasteiger partial charge in [-0.05, 0) is 66.1 Å². The lowest BCUT2D eigenvalue weighted by Gasteiger charge is -2.29. The molecule has 0 saturated heterocycles. The molecule has 0 atom stereocenters. The third kappa shape index (κ3) is 4.80. The average molecular weight is 513 g/mol. The Kier molecular flexibility index (Phi) is 7.04. The first kappa shape index (κ1) is 25.0. The third-order valence-electron chi connectivity index (χ3n) is 6.61. The van der Waals surface area contributed by atoms with E-state index in [0.717, 1.165) is 11.1 Å². The van der Waals surface area contributed by atoms with Crippen molar-refractivity contribution < 1.29 is 28.2 Å². The number of hydrogen-bond donors (Lipinski definition) is 1. The number of fused-ring (bicyclic) bond motifs is 1. The van der Waals surface area contributed by atoms with Crippen molar-refractivity contribution in [1.29, 1.82) is 0 Å². The molecule has 8 nitrogen and oxygen atoms in total. The van der Waals surface area contributed by atoms with Crippen LogP contribution in [0.5, 0.6) is 17.2 Å². The summed E-state index contributed by atoms with van der Waals surface area (Å²) in [6.45, 7) is 0.999. The summed E-state index contributed by atoms with van der Waals surface area (Å²) in [5.74, 6) is 1.99. The first-order valence-electron chi connectivity index (χ1n) is 12.2. The number of benzene rings is 3. The summed E-state index contributed by atoms with van der Waals surface area (Å²) in [6, 6.07) is 21.6. The Bertz CT molecular complexity index is 1490. The maximum absolute atomic E-state index is 13.3. The van der Waals surface area contributed by atoms with Crippen LogP contribution in [0.15, 0.2) is 77.2 Å².